The molecule has 4 atom stereocenters. The van der Waals surface area contributed by atoms with Gasteiger partial charge in [0.1, 0.15) is 6.10 Å². The molecule has 1 fully saturated rings. The Kier molecular flexibility index (Phi) is 1.38. The maximum Gasteiger partial charge on any atom is 0.433 e. The average molecular weight is 203 g/mol. The van der Waals surface area contributed by atoms with E-state index in [9.17, 15) is 13.2 Å². The van der Waals surface area contributed by atoms with Crippen LogP contribution < -0.4 is 0 Å². The summed E-state index contributed by atoms with van der Waals surface area (Å²) in [7, 11) is 0. The van der Waals surface area contributed by atoms with Gasteiger partial charge in [0.25, 0.3) is 0 Å². The Morgan fingerprint density at radius 1 is 1.29 bits per heavy atom. The zero-order valence-electron chi connectivity index (χ0n) is 7.16. The lowest BCUT2D eigenvalue weighted by Gasteiger charge is -2.19. The maximum atomic E-state index is 12.5. The molecule has 3 rings (SSSR count). The van der Waals surface area contributed by atoms with E-state index in [1.165, 1.54) is 0 Å². The van der Waals surface area contributed by atoms with E-state index in [0.29, 0.717) is 0 Å². The molecule has 0 radical (unpaired) electrons. The number of alkyl halides is 3. The fourth-order valence-electron chi connectivity index (χ4n) is 2.70. The quantitative estimate of drug-likeness (QED) is 0.552. The second-order valence-electron chi connectivity index (χ2n) is 4.02. The van der Waals surface area contributed by atoms with Crippen LogP contribution in [0.4, 0.5) is 13.2 Å². The Balaban J connectivity index is 1.95. The number of halogens is 3. The first-order valence-corrected chi connectivity index (χ1v) is 4.56. The van der Waals surface area contributed by atoms with Crippen molar-refractivity contribution in [3.05, 3.63) is 12.2 Å². The first kappa shape index (κ1) is 8.32. The summed E-state index contributed by atoms with van der Waals surface area (Å²) in [5.74, 6) is -0.438. The molecule has 2 bridgehead atoms. The molecule has 2 aliphatic carbocycles. The van der Waals surface area contributed by atoms with E-state index in [2.05, 4.69) is 5.16 Å². The van der Waals surface area contributed by atoms with Crippen molar-refractivity contribution in [1.82, 2.24) is 0 Å². The normalized spacial score (nSPS) is 43.8. The fourth-order valence-corrected chi connectivity index (χ4v) is 2.70. The molecule has 1 aliphatic heterocycles. The number of nitrogens with zero attached hydrogens (tertiary/aromatic N) is 1. The van der Waals surface area contributed by atoms with Crippen LogP contribution in [0.5, 0.6) is 0 Å². The zero-order valence-corrected chi connectivity index (χ0v) is 7.16. The lowest BCUT2D eigenvalue weighted by molar-refractivity contribution is -0.0628. The van der Waals surface area contributed by atoms with Crippen molar-refractivity contribution in [3.63, 3.8) is 0 Å². The van der Waals surface area contributed by atoms with E-state index in [1.54, 1.807) is 0 Å². The van der Waals surface area contributed by atoms with Gasteiger partial charge in [-0.1, -0.05) is 17.3 Å². The van der Waals surface area contributed by atoms with E-state index in [4.69, 9.17) is 4.84 Å². The van der Waals surface area contributed by atoms with Crippen LogP contribution >= 0.6 is 0 Å². The van der Waals surface area contributed by atoms with Crippen LogP contribution in [0.2, 0.25) is 0 Å². The molecule has 0 N–H and O–H groups in total. The third-order valence-corrected chi connectivity index (χ3v) is 3.27. The first-order chi connectivity index (χ1) is 6.57. The monoisotopic (exact) mass is 203 g/mol. The summed E-state index contributed by atoms with van der Waals surface area (Å²) >= 11 is 0. The van der Waals surface area contributed by atoms with Gasteiger partial charge >= 0.3 is 6.18 Å². The molecule has 5 heteroatoms. The Bertz CT molecular complexity index is 333. The number of oxime groups is 1. The minimum atomic E-state index is -4.34. The highest BCUT2D eigenvalue weighted by atomic mass is 19.4. The molecule has 1 saturated carbocycles. The van der Waals surface area contributed by atoms with Gasteiger partial charge in [-0.25, -0.2) is 0 Å². The summed E-state index contributed by atoms with van der Waals surface area (Å²) in [6, 6.07) is 0. The second kappa shape index (κ2) is 2.32. The first-order valence-electron chi connectivity index (χ1n) is 4.56. The molecule has 14 heavy (non-hydrogen) atoms. The van der Waals surface area contributed by atoms with Gasteiger partial charge in [0.05, 0.1) is 5.92 Å². The molecular formula is C9H8F3NO. The molecule has 0 saturated heterocycles. The molecule has 0 aromatic heterocycles. The molecule has 0 spiro atoms. The Morgan fingerprint density at radius 3 is 2.71 bits per heavy atom. The highest BCUT2D eigenvalue weighted by Gasteiger charge is 2.58. The topological polar surface area (TPSA) is 21.6 Å². The third kappa shape index (κ3) is 0.898. The Hall–Kier alpha value is -1.00. The molecule has 1 heterocycles. The van der Waals surface area contributed by atoms with Crippen LogP contribution in [-0.4, -0.2) is 18.0 Å². The van der Waals surface area contributed by atoms with E-state index in [-0.39, 0.29) is 17.9 Å². The van der Waals surface area contributed by atoms with Gasteiger partial charge in [0.2, 0.25) is 0 Å². The van der Waals surface area contributed by atoms with Crippen LogP contribution in [0, 0.1) is 17.8 Å². The van der Waals surface area contributed by atoms with E-state index >= 15 is 0 Å². The average Bonchev–Trinajstić information content (AvgIpc) is 2.74. The van der Waals surface area contributed by atoms with E-state index in [1.807, 2.05) is 12.2 Å². The molecule has 3 aliphatic rings. The smallest absolute Gasteiger partial charge is 0.391 e. The van der Waals surface area contributed by atoms with E-state index in [0.717, 1.165) is 6.42 Å². The highest BCUT2D eigenvalue weighted by Crippen LogP contribution is 2.50. The number of allylic oxidation sites excluding steroid dienone is 1. The van der Waals surface area contributed by atoms with Gasteiger partial charge in [-0.2, -0.15) is 13.2 Å². The number of fused-ring (bicyclic) bond motifs is 5. The van der Waals surface area contributed by atoms with Gasteiger partial charge < -0.3 is 4.84 Å². The molecule has 76 valence electrons. The molecule has 0 unspecified atom stereocenters. The lowest BCUT2D eigenvalue weighted by Crippen LogP contribution is -2.35. The SMILES string of the molecule is FC(F)(F)C1=NO[C@H]2[C@H]1[C@H]1C=C[C@@H]2C1. The van der Waals surface area contributed by atoms with Crippen LogP contribution in [0.3, 0.4) is 0 Å². The van der Waals surface area contributed by atoms with Gasteiger partial charge in [-0.3, -0.25) is 0 Å². The Morgan fingerprint density at radius 2 is 2.00 bits per heavy atom. The molecule has 0 amide bonds. The van der Waals surface area contributed by atoms with Crippen molar-refractivity contribution in [1.29, 1.82) is 0 Å². The van der Waals surface area contributed by atoms with Crippen molar-refractivity contribution >= 4 is 5.71 Å². The Labute approximate surface area is 78.4 Å². The lowest BCUT2D eigenvalue weighted by atomic mass is 9.87. The van der Waals surface area contributed by atoms with Crippen molar-refractivity contribution in [2.24, 2.45) is 22.9 Å². The van der Waals surface area contributed by atoms with Gasteiger partial charge in [-0.15, -0.1) is 0 Å². The number of hydrogen-bond donors (Lipinski definition) is 0. The van der Waals surface area contributed by atoms with Crippen molar-refractivity contribution in [3.8, 4) is 0 Å². The van der Waals surface area contributed by atoms with Crippen LogP contribution in [0.15, 0.2) is 17.3 Å². The summed E-state index contributed by atoms with van der Waals surface area (Å²) in [6.45, 7) is 0. The van der Waals surface area contributed by atoms with Gasteiger partial charge in [0, 0.05) is 5.92 Å². The van der Waals surface area contributed by atoms with Gasteiger partial charge in [0.15, 0.2) is 5.71 Å². The minimum absolute atomic E-state index is 0.0205. The predicted molar refractivity (Wildman–Crippen MR) is 42.6 cm³/mol. The largest absolute Gasteiger partial charge is 0.433 e. The summed E-state index contributed by atoms with van der Waals surface area (Å²) in [6.07, 6.45) is -0.105. The highest BCUT2D eigenvalue weighted by molar-refractivity contribution is 5.93. The van der Waals surface area contributed by atoms with Crippen molar-refractivity contribution in [2.45, 2.75) is 18.7 Å². The summed E-state index contributed by atoms with van der Waals surface area (Å²) < 4.78 is 37.5. The molecular weight excluding hydrogens is 195 g/mol. The number of hydrogen-bond acceptors (Lipinski definition) is 2. The zero-order chi connectivity index (χ0) is 9.92. The minimum Gasteiger partial charge on any atom is -0.391 e. The second-order valence-corrected chi connectivity index (χ2v) is 4.02. The fraction of sp³-hybridized carbons (Fsp3) is 0.667. The van der Waals surface area contributed by atoms with Crippen molar-refractivity contribution in [2.75, 3.05) is 0 Å². The van der Waals surface area contributed by atoms with Crippen molar-refractivity contribution < 1.29 is 18.0 Å². The summed E-state index contributed by atoms with van der Waals surface area (Å²) in [4.78, 5) is 4.87. The third-order valence-electron chi connectivity index (χ3n) is 3.27. The van der Waals surface area contributed by atoms with Crippen LogP contribution in [0.1, 0.15) is 6.42 Å². The summed E-state index contributed by atoms with van der Waals surface area (Å²) in [5, 5.41) is 3.18. The van der Waals surface area contributed by atoms with Crippen LogP contribution in [-0.2, 0) is 4.84 Å². The van der Waals surface area contributed by atoms with E-state index < -0.39 is 17.8 Å². The predicted octanol–water partition coefficient (Wildman–Crippen LogP) is 2.13. The molecule has 2 nitrogen and oxygen atoms in total. The summed E-state index contributed by atoms with van der Waals surface area (Å²) in [5.41, 5.74) is -0.723. The van der Waals surface area contributed by atoms with Gasteiger partial charge in [-0.05, 0) is 12.3 Å². The standard InChI is InChI=1S/C9H8F3NO/c10-9(11,12)8-6-4-1-2-5(3-4)7(6)14-13-8/h1-2,4-7H,3H2/t4-,5+,6+,7+/m0/s1. The molecule has 0 aromatic carbocycles. The maximum absolute atomic E-state index is 12.5. The molecule has 0 aromatic rings. The number of rotatable bonds is 0. The van der Waals surface area contributed by atoms with Crippen LogP contribution in [0.25, 0.3) is 0 Å².